The van der Waals surface area contributed by atoms with E-state index in [2.05, 4.69) is 72.3 Å². The molecule has 25 heavy (non-hydrogen) atoms. The van der Waals surface area contributed by atoms with Crippen molar-refractivity contribution in [3.05, 3.63) is 78.9 Å². The van der Waals surface area contributed by atoms with Crippen molar-refractivity contribution < 1.29 is 5.11 Å². The Kier molecular flexibility index (Phi) is 3.95. The van der Waals surface area contributed by atoms with E-state index in [0.29, 0.717) is 5.75 Å². The number of alkyl halides is 1. The van der Waals surface area contributed by atoms with Crippen LogP contribution in [-0.4, -0.2) is 11.5 Å². The van der Waals surface area contributed by atoms with Crippen LogP contribution >= 0.6 is 11.6 Å². The molecule has 0 aromatic heterocycles. The smallest absolute Gasteiger partial charge is 0.116 e. The van der Waals surface area contributed by atoms with Crippen molar-refractivity contribution in [2.75, 3.05) is 6.38 Å². The molecule has 0 spiro atoms. The van der Waals surface area contributed by atoms with Gasteiger partial charge in [-0.25, -0.2) is 0 Å². The summed E-state index contributed by atoms with van der Waals surface area (Å²) in [5.74, 6) is 0.309. The first-order valence-electron chi connectivity index (χ1n) is 8.15. The highest BCUT2D eigenvalue weighted by Gasteiger charge is 2.07. The van der Waals surface area contributed by atoms with Crippen LogP contribution in [0.4, 0.5) is 0 Å². The average Bonchev–Trinajstić information content (AvgIpc) is 2.68. The van der Waals surface area contributed by atoms with E-state index < -0.39 is 0 Å². The van der Waals surface area contributed by atoms with Gasteiger partial charge in [-0.15, -0.1) is 11.6 Å². The van der Waals surface area contributed by atoms with E-state index in [9.17, 15) is 5.11 Å². The lowest BCUT2D eigenvalue weighted by Crippen LogP contribution is -1.82. The number of aromatic hydroxyl groups is 1. The maximum absolute atomic E-state index is 9.69. The van der Waals surface area contributed by atoms with Crippen LogP contribution in [0, 0.1) is 0 Å². The molecule has 0 saturated heterocycles. The molecule has 0 fully saturated rings. The van der Waals surface area contributed by atoms with Gasteiger partial charge in [-0.3, -0.25) is 0 Å². The summed E-state index contributed by atoms with van der Waals surface area (Å²) in [5.41, 5.74) is 0. The predicted molar refractivity (Wildman–Crippen MR) is 110 cm³/mol. The van der Waals surface area contributed by atoms with Crippen molar-refractivity contribution in [1.82, 2.24) is 0 Å². The quantitative estimate of drug-likeness (QED) is 0.240. The average molecular weight is 345 g/mol. The molecule has 0 atom stereocenters. The van der Waals surface area contributed by atoms with E-state index >= 15 is 0 Å². The summed E-state index contributed by atoms with van der Waals surface area (Å²) in [6.45, 7) is 0. The Morgan fingerprint density at radius 1 is 0.520 bits per heavy atom. The van der Waals surface area contributed by atoms with Crippen molar-refractivity contribution in [2.24, 2.45) is 0 Å². The number of hydrogen-bond donors (Lipinski definition) is 1. The highest BCUT2D eigenvalue weighted by molar-refractivity contribution is 6.22. The van der Waals surface area contributed by atoms with Crippen LogP contribution in [-0.2, 0) is 0 Å². The third kappa shape index (κ3) is 2.48. The zero-order valence-corrected chi connectivity index (χ0v) is 14.6. The number of fused-ring (bicyclic) bond motifs is 7. The van der Waals surface area contributed by atoms with Gasteiger partial charge >= 0.3 is 0 Å². The van der Waals surface area contributed by atoms with E-state index in [4.69, 9.17) is 0 Å². The molecule has 5 aromatic carbocycles. The highest BCUT2D eigenvalue weighted by Crippen LogP contribution is 2.35. The summed E-state index contributed by atoms with van der Waals surface area (Å²) in [7, 11) is 0. The molecular weight excluding hydrogens is 328 g/mol. The Morgan fingerprint density at radius 3 is 1.72 bits per heavy atom. The Balaban J connectivity index is 0.000000758. The molecule has 1 nitrogen and oxygen atoms in total. The molecule has 1 N–H and O–H groups in total. The molecule has 0 aliphatic rings. The van der Waals surface area contributed by atoms with Crippen molar-refractivity contribution >= 4 is 54.7 Å². The normalized spacial score (nSPS) is 11.0. The fourth-order valence-corrected chi connectivity index (χ4v) is 3.63. The number of benzene rings is 5. The molecule has 0 amide bonds. The lowest BCUT2D eigenvalue weighted by Gasteiger charge is -2.10. The molecule has 0 saturated carbocycles. The molecule has 5 aromatic rings. The van der Waals surface area contributed by atoms with Crippen molar-refractivity contribution in [2.45, 2.75) is 0 Å². The molecule has 0 bridgehead atoms. The Labute approximate surface area is 151 Å². The van der Waals surface area contributed by atoms with Gasteiger partial charge in [0.2, 0.25) is 0 Å². The SMILES string of the molecule is CCl.Oc1ccc2c(ccc3c2ccc2c4ccccc4ccc23)c1. The molecule has 0 unspecified atom stereocenters. The highest BCUT2D eigenvalue weighted by atomic mass is 35.5. The number of halogens is 1. The summed E-state index contributed by atoms with van der Waals surface area (Å²) in [6.07, 6.45) is 1.47. The van der Waals surface area contributed by atoms with Gasteiger partial charge in [0.05, 0.1) is 0 Å². The van der Waals surface area contributed by atoms with Gasteiger partial charge in [-0.1, -0.05) is 66.7 Å². The number of phenolic OH excluding ortho intramolecular Hbond substituents is 1. The first kappa shape index (κ1) is 15.7. The van der Waals surface area contributed by atoms with E-state index in [1.165, 1.54) is 44.1 Å². The van der Waals surface area contributed by atoms with Gasteiger partial charge < -0.3 is 5.11 Å². The summed E-state index contributed by atoms with van der Waals surface area (Å²) >= 11 is 4.64. The lowest BCUT2D eigenvalue weighted by molar-refractivity contribution is 0.476. The van der Waals surface area contributed by atoms with E-state index in [-0.39, 0.29) is 0 Å². The molecular formula is C23H17ClO. The van der Waals surface area contributed by atoms with Crippen molar-refractivity contribution in [1.29, 1.82) is 0 Å². The zero-order chi connectivity index (χ0) is 17.4. The zero-order valence-electron chi connectivity index (χ0n) is 13.8. The summed E-state index contributed by atoms with van der Waals surface area (Å²) < 4.78 is 0. The van der Waals surface area contributed by atoms with Crippen LogP contribution < -0.4 is 0 Å². The fraction of sp³-hybridized carbons (Fsp3) is 0.0435. The summed E-state index contributed by atoms with van der Waals surface area (Å²) in [6, 6.07) is 27.2. The van der Waals surface area contributed by atoms with E-state index in [1.807, 2.05) is 12.1 Å². The Bertz CT molecular complexity index is 1220. The molecule has 0 aliphatic heterocycles. The number of hydrogen-bond acceptors (Lipinski definition) is 1. The predicted octanol–water partition coefficient (Wildman–Crippen LogP) is 6.86. The second-order valence-corrected chi connectivity index (χ2v) is 6.01. The van der Waals surface area contributed by atoms with Crippen LogP contribution in [0.15, 0.2) is 78.9 Å². The lowest BCUT2D eigenvalue weighted by atomic mass is 9.94. The first-order chi connectivity index (χ1) is 12.3. The van der Waals surface area contributed by atoms with Gasteiger partial charge in [-0.05, 0) is 55.2 Å². The van der Waals surface area contributed by atoms with E-state index in [1.54, 1.807) is 6.07 Å². The Morgan fingerprint density at radius 2 is 1.00 bits per heavy atom. The van der Waals surface area contributed by atoms with E-state index in [0.717, 1.165) is 5.39 Å². The second kappa shape index (κ2) is 6.27. The second-order valence-electron chi connectivity index (χ2n) is 6.01. The molecule has 5 rings (SSSR count). The molecule has 122 valence electrons. The number of phenols is 1. The minimum absolute atomic E-state index is 0.309. The minimum atomic E-state index is 0.309. The molecule has 0 radical (unpaired) electrons. The maximum Gasteiger partial charge on any atom is 0.116 e. The van der Waals surface area contributed by atoms with Gasteiger partial charge in [0.15, 0.2) is 0 Å². The monoisotopic (exact) mass is 344 g/mol. The maximum atomic E-state index is 9.69. The van der Waals surface area contributed by atoms with Crippen LogP contribution in [0.5, 0.6) is 5.75 Å². The van der Waals surface area contributed by atoms with Gasteiger partial charge in [0.25, 0.3) is 0 Å². The molecule has 0 heterocycles. The van der Waals surface area contributed by atoms with Crippen molar-refractivity contribution in [3.63, 3.8) is 0 Å². The minimum Gasteiger partial charge on any atom is -0.508 e. The van der Waals surface area contributed by atoms with Crippen LogP contribution in [0.1, 0.15) is 0 Å². The third-order valence-electron chi connectivity index (χ3n) is 4.72. The number of rotatable bonds is 0. The summed E-state index contributed by atoms with van der Waals surface area (Å²) in [4.78, 5) is 0. The first-order valence-corrected chi connectivity index (χ1v) is 8.90. The third-order valence-corrected chi connectivity index (χ3v) is 4.72. The topological polar surface area (TPSA) is 20.2 Å². The molecule has 2 heteroatoms. The largest absolute Gasteiger partial charge is 0.508 e. The van der Waals surface area contributed by atoms with Crippen LogP contribution in [0.25, 0.3) is 43.1 Å². The van der Waals surface area contributed by atoms with Crippen molar-refractivity contribution in [3.8, 4) is 5.75 Å². The van der Waals surface area contributed by atoms with Gasteiger partial charge in [-0.2, -0.15) is 0 Å². The Hall–Kier alpha value is -2.77. The van der Waals surface area contributed by atoms with Gasteiger partial charge in [0, 0.05) is 6.38 Å². The molecule has 0 aliphatic carbocycles. The summed E-state index contributed by atoms with van der Waals surface area (Å²) in [5, 5.41) is 19.5. The van der Waals surface area contributed by atoms with Crippen LogP contribution in [0.3, 0.4) is 0 Å². The standard InChI is InChI=1S/C22H14O.CH3Cl/c23-16-7-10-18-15(13-16)6-9-22-20(18)12-11-19-17-4-2-1-3-14(17)5-8-21(19)22;1-2/h1-13,23H;1H3. The fourth-order valence-electron chi connectivity index (χ4n) is 3.63. The van der Waals surface area contributed by atoms with Crippen LogP contribution in [0.2, 0.25) is 0 Å². The van der Waals surface area contributed by atoms with Gasteiger partial charge in [0.1, 0.15) is 5.75 Å².